The molecule has 1 aliphatic rings. The number of nitrogens with one attached hydrogen (secondary N) is 1. The summed E-state index contributed by atoms with van der Waals surface area (Å²) >= 11 is 0. The van der Waals surface area contributed by atoms with Gasteiger partial charge in [0, 0.05) is 36.5 Å². The third-order valence-electron chi connectivity index (χ3n) is 5.25. The second-order valence-corrected chi connectivity index (χ2v) is 7.15. The second-order valence-electron chi connectivity index (χ2n) is 7.15. The summed E-state index contributed by atoms with van der Waals surface area (Å²) in [6, 6.07) is 17.9. The molecule has 4 rings (SSSR count). The number of benzene rings is 2. The van der Waals surface area contributed by atoms with E-state index in [1.54, 1.807) is 6.07 Å². The quantitative estimate of drug-likeness (QED) is 0.680. The van der Waals surface area contributed by atoms with E-state index in [-0.39, 0.29) is 11.9 Å². The van der Waals surface area contributed by atoms with Gasteiger partial charge in [0.25, 0.3) is 5.91 Å². The molecule has 1 unspecified atom stereocenters. The van der Waals surface area contributed by atoms with Crippen molar-refractivity contribution in [2.24, 2.45) is 4.99 Å². The van der Waals surface area contributed by atoms with Gasteiger partial charge in [-0.25, -0.2) is 0 Å². The molecular weight excluding hydrogens is 378 g/mol. The van der Waals surface area contributed by atoms with E-state index in [2.05, 4.69) is 28.4 Å². The molecule has 30 heavy (non-hydrogen) atoms. The average molecular weight is 403 g/mol. The Labute approximate surface area is 176 Å². The summed E-state index contributed by atoms with van der Waals surface area (Å²) in [6.07, 6.45) is 2.94. The van der Waals surface area contributed by atoms with E-state index in [0.717, 1.165) is 28.3 Å². The molecule has 0 radical (unpaired) electrons. The number of anilines is 1. The fraction of sp³-hybridized carbons (Fsp3) is 0.250. The Balaban J connectivity index is 1.65. The van der Waals surface area contributed by atoms with Gasteiger partial charge in [0.05, 0.1) is 36.7 Å². The predicted molar refractivity (Wildman–Crippen MR) is 118 cm³/mol. The number of benzodiazepines with no additional fused rings is 1. The summed E-state index contributed by atoms with van der Waals surface area (Å²) in [6.45, 7) is 3.60. The number of carbonyl (C=O) groups is 1. The summed E-state index contributed by atoms with van der Waals surface area (Å²) in [5.74, 6) is 0.663. The minimum atomic E-state index is -0.156. The van der Waals surface area contributed by atoms with Crippen LogP contribution in [0, 0.1) is 0 Å². The summed E-state index contributed by atoms with van der Waals surface area (Å²) in [5.41, 5.74) is 4.61. The van der Waals surface area contributed by atoms with E-state index >= 15 is 0 Å². The molecule has 0 aliphatic carbocycles. The summed E-state index contributed by atoms with van der Waals surface area (Å²) in [4.78, 5) is 19.5. The molecule has 6 heteroatoms. The van der Waals surface area contributed by atoms with Crippen molar-refractivity contribution < 1.29 is 13.9 Å². The zero-order chi connectivity index (χ0) is 20.9. The zero-order valence-corrected chi connectivity index (χ0v) is 17.2. The lowest BCUT2D eigenvalue weighted by atomic mass is 10.00. The minimum absolute atomic E-state index is 0.00214. The van der Waals surface area contributed by atoms with Crippen molar-refractivity contribution in [1.29, 1.82) is 0 Å². The Bertz CT molecular complexity index is 1030. The first-order valence-electron chi connectivity index (χ1n) is 10.1. The molecule has 1 atom stereocenters. The lowest BCUT2D eigenvalue weighted by molar-refractivity contribution is 0.0951. The highest BCUT2D eigenvalue weighted by Crippen LogP contribution is 2.31. The molecule has 2 heterocycles. The van der Waals surface area contributed by atoms with Crippen LogP contribution < -0.4 is 15.0 Å². The monoisotopic (exact) mass is 403 g/mol. The predicted octanol–water partition coefficient (Wildman–Crippen LogP) is 3.76. The van der Waals surface area contributed by atoms with Crippen molar-refractivity contribution in [3.63, 3.8) is 0 Å². The van der Waals surface area contributed by atoms with E-state index < -0.39 is 0 Å². The standard InChI is InChI=1S/C24H25N3O3/c1-3-30-20-9-10-21-22(13-20)27(2)19(15-26-24(28)18-11-12-29-16-18)14-25-23(21)17-7-5-4-6-8-17/h4-13,16,19H,3,14-15H2,1-2H3,(H,26,28). The van der Waals surface area contributed by atoms with Gasteiger partial charge in [-0.2, -0.15) is 0 Å². The molecule has 0 saturated heterocycles. The molecule has 1 amide bonds. The highest BCUT2D eigenvalue weighted by molar-refractivity contribution is 6.16. The van der Waals surface area contributed by atoms with Crippen LogP contribution in [-0.4, -0.2) is 44.4 Å². The van der Waals surface area contributed by atoms with E-state index in [0.29, 0.717) is 25.3 Å². The molecule has 3 aromatic rings. The van der Waals surface area contributed by atoms with E-state index in [1.807, 2.05) is 44.3 Å². The molecule has 0 bridgehead atoms. The molecule has 0 saturated carbocycles. The third kappa shape index (κ3) is 4.08. The fourth-order valence-corrected chi connectivity index (χ4v) is 3.61. The van der Waals surface area contributed by atoms with Crippen LogP contribution in [0.15, 0.2) is 76.5 Å². The van der Waals surface area contributed by atoms with Crippen LogP contribution in [-0.2, 0) is 0 Å². The van der Waals surface area contributed by atoms with Crippen LogP contribution in [0.2, 0.25) is 0 Å². The van der Waals surface area contributed by atoms with Crippen molar-refractivity contribution in [3.8, 4) is 5.75 Å². The summed E-state index contributed by atoms with van der Waals surface area (Å²) in [7, 11) is 2.03. The molecule has 1 aliphatic heterocycles. The largest absolute Gasteiger partial charge is 0.494 e. The van der Waals surface area contributed by atoms with Gasteiger partial charge < -0.3 is 19.4 Å². The van der Waals surface area contributed by atoms with Crippen molar-refractivity contribution in [1.82, 2.24) is 5.32 Å². The van der Waals surface area contributed by atoms with Crippen LogP contribution in [0.5, 0.6) is 5.75 Å². The highest BCUT2D eigenvalue weighted by atomic mass is 16.5. The van der Waals surface area contributed by atoms with Crippen molar-refractivity contribution in [3.05, 3.63) is 83.8 Å². The molecule has 0 fully saturated rings. The average Bonchev–Trinajstić information content (AvgIpc) is 3.28. The van der Waals surface area contributed by atoms with Gasteiger partial charge in [0.1, 0.15) is 12.0 Å². The third-order valence-corrected chi connectivity index (χ3v) is 5.25. The summed E-state index contributed by atoms with van der Waals surface area (Å²) < 4.78 is 10.7. The Hall–Kier alpha value is -3.54. The number of ether oxygens (including phenoxy) is 1. The number of rotatable bonds is 6. The van der Waals surface area contributed by atoms with Gasteiger partial charge in [-0.15, -0.1) is 0 Å². The van der Waals surface area contributed by atoms with Gasteiger partial charge in [-0.1, -0.05) is 30.3 Å². The van der Waals surface area contributed by atoms with Gasteiger partial charge in [-0.05, 0) is 25.1 Å². The minimum Gasteiger partial charge on any atom is -0.494 e. The smallest absolute Gasteiger partial charge is 0.254 e. The first kappa shape index (κ1) is 19.8. The fourth-order valence-electron chi connectivity index (χ4n) is 3.61. The van der Waals surface area contributed by atoms with Crippen LogP contribution in [0.3, 0.4) is 0 Å². The number of carbonyl (C=O) groups excluding carboxylic acids is 1. The number of fused-ring (bicyclic) bond motifs is 1. The van der Waals surface area contributed by atoms with Gasteiger partial charge >= 0.3 is 0 Å². The maximum Gasteiger partial charge on any atom is 0.254 e. The van der Waals surface area contributed by atoms with Crippen LogP contribution >= 0.6 is 0 Å². The Morgan fingerprint density at radius 3 is 2.80 bits per heavy atom. The number of nitrogens with zero attached hydrogens (tertiary/aromatic N) is 2. The number of hydrogen-bond donors (Lipinski definition) is 1. The van der Waals surface area contributed by atoms with E-state index in [4.69, 9.17) is 14.1 Å². The second kappa shape index (κ2) is 8.86. The van der Waals surface area contributed by atoms with Gasteiger partial charge in [-0.3, -0.25) is 9.79 Å². The highest BCUT2D eigenvalue weighted by Gasteiger charge is 2.25. The number of furan rings is 1. The lowest BCUT2D eigenvalue weighted by Gasteiger charge is -2.29. The normalized spacial score (nSPS) is 15.7. The maximum absolute atomic E-state index is 12.4. The Morgan fingerprint density at radius 1 is 1.23 bits per heavy atom. The molecule has 2 aromatic carbocycles. The van der Waals surface area contributed by atoms with Crippen LogP contribution in [0.4, 0.5) is 5.69 Å². The van der Waals surface area contributed by atoms with Crippen molar-refractivity contribution in [2.45, 2.75) is 13.0 Å². The van der Waals surface area contributed by atoms with E-state index in [9.17, 15) is 4.79 Å². The molecule has 1 N–H and O–H groups in total. The van der Waals surface area contributed by atoms with Gasteiger partial charge in [0.2, 0.25) is 0 Å². The van der Waals surface area contributed by atoms with Gasteiger partial charge in [0.15, 0.2) is 0 Å². The first-order chi connectivity index (χ1) is 14.7. The van der Waals surface area contributed by atoms with E-state index in [1.165, 1.54) is 12.5 Å². The molecule has 1 aromatic heterocycles. The van der Waals surface area contributed by atoms with Crippen LogP contribution in [0.25, 0.3) is 0 Å². The summed E-state index contributed by atoms with van der Waals surface area (Å²) in [5, 5.41) is 3.00. The molecule has 0 spiro atoms. The number of aliphatic imine (C=N–C) groups is 1. The number of hydrogen-bond acceptors (Lipinski definition) is 5. The SMILES string of the molecule is CCOc1ccc2c(c1)N(C)C(CNC(=O)c1ccoc1)CN=C2c1ccccc1. The first-order valence-corrected chi connectivity index (χ1v) is 10.1. The Morgan fingerprint density at radius 2 is 2.07 bits per heavy atom. The lowest BCUT2D eigenvalue weighted by Crippen LogP contribution is -2.43. The van der Waals surface area contributed by atoms with Crippen molar-refractivity contribution in [2.75, 3.05) is 31.6 Å². The maximum atomic E-state index is 12.4. The molecule has 154 valence electrons. The molecule has 6 nitrogen and oxygen atoms in total. The molecular formula is C24H25N3O3. The number of amides is 1. The topological polar surface area (TPSA) is 67.1 Å². The van der Waals surface area contributed by atoms with Crippen molar-refractivity contribution >= 4 is 17.3 Å². The number of likely N-dealkylation sites (N-methyl/N-ethyl adjacent to an activating group) is 1. The van der Waals surface area contributed by atoms with Crippen LogP contribution in [0.1, 0.15) is 28.4 Å². The Kier molecular flexibility index (Phi) is 5.84. The zero-order valence-electron chi connectivity index (χ0n) is 17.2.